The standard InChI is InChI=1S/C37H37F2N9O2/c38-25-9-10-29(39)27(21-25)32-7-3-14-47(32)34-13-15-48-36(43-34)28(22-40-48)30-6-2-8-33(42-30)46-18-16-45(17-19-46)23-24-4-1-5-26(20-24)41-31-11-12-35(49)44-37(31)50/h1-2,4-6,8-10,13,15,20-22,31-32,41H,3,7,11-12,14,16-19,23H2,(H,44,49,50)/t31?,32-/m1/s1. The van der Waals surface area contributed by atoms with Gasteiger partial charge in [0.15, 0.2) is 5.65 Å². The number of nitrogens with zero attached hydrogens (tertiary/aromatic N) is 7. The van der Waals surface area contributed by atoms with Crippen LogP contribution in [0.5, 0.6) is 0 Å². The highest BCUT2D eigenvalue weighted by Gasteiger charge is 2.30. The predicted octanol–water partition coefficient (Wildman–Crippen LogP) is 4.95. The molecular formula is C37H37F2N9O2. The van der Waals surface area contributed by atoms with Gasteiger partial charge in [-0.2, -0.15) is 5.10 Å². The summed E-state index contributed by atoms with van der Waals surface area (Å²) in [5.74, 6) is 0.209. The highest BCUT2D eigenvalue weighted by atomic mass is 19.1. The van der Waals surface area contributed by atoms with Gasteiger partial charge in [-0.1, -0.05) is 18.2 Å². The van der Waals surface area contributed by atoms with Crippen LogP contribution in [0.2, 0.25) is 0 Å². The molecule has 0 spiro atoms. The van der Waals surface area contributed by atoms with E-state index >= 15 is 0 Å². The van der Waals surface area contributed by atoms with Crippen molar-refractivity contribution in [2.24, 2.45) is 0 Å². The zero-order valence-electron chi connectivity index (χ0n) is 27.4. The van der Waals surface area contributed by atoms with Crippen molar-refractivity contribution in [2.75, 3.05) is 47.8 Å². The minimum absolute atomic E-state index is 0.223. The first kappa shape index (κ1) is 31.8. The number of carbonyl (C=O) groups excluding carboxylic acids is 2. The number of piperidine rings is 1. The molecule has 5 aromatic rings. The summed E-state index contributed by atoms with van der Waals surface area (Å²) in [7, 11) is 0. The third kappa shape index (κ3) is 6.48. The Balaban J connectivity index is 0.939. The van der Waals surface area contributed by atoms with E-state index in [9.17, 15) is 18.4 Å². The number of imide groups is 1. The fraction of sp³-hybridized carbons (Fsp3) is 0.324. The van der Waals surface area contributed by atoms with Crippen LogP contribution in [0.25, 0.3) is 16.9 Å². The normalized spacial score (nSPS) is 20.0. The summed E-state index contributed by atoms with van der Waals surface area (Å²) < 4.78 is 30.5. The third-order valence-electron chi connectivity index (χ3n) is 9.84. The van der Waals surface area contributed by atoms with Gasteiger partial charge in [0.05, 0.1) is 23.5 Å². The number of rotatable bonds is 8. The zero-order valence-corrected chi connectivity index (χ0v) is 27.4. The van der Waals surface area contributed by atoms with Crippen LogP contribution in [0.3, 0.4) is 0 Å². The first-order chi connectivity index (χ1) is 24.4. The monoisotopic (exact) mass is 677 g/mol. The minimum atomic E-state index is -0.450. The lowest BCUT2D eigenvalue weighted by atomic mass is 10.0. The number of benzene rings is 2. The molecule has 0 saturated carbocycles. The molecule has 8 rings (SSSR count). The Morgan fingerprint density at radius 1 is 0.880 bits per heavy atom. The number of anilines is 3. The second-order valence-electron chi connectivity index (χ2n) is 13.1. The number of fused-ring (bicyclic) bond motifs is 1. The van der Waals surface area contributed by atoms with Crippen LogP contribution in [0.1, 0.15) is 42.9 Å². The van der Waals surface area contributed by atoms with Crippen LogP contribution in [-0.2, 0) is 16.1 Å². The lowest BCUT2D eigenvalue weighted by molar-refractivity contribution is -0.133. The summed E-state index contributed by atoms with van der Waals surface area (Å²) >= 11 is 0. The molecule has 13 heteroatoms. The Morgan fingerprint density at radius 3 is 2.60 bits per heavy atom. The number of hydrogen-bond donors (Lipinski definition) is 2. The highest BCUT2D eigenvalue weighted by molar-refractivity contribution is 6.01. The van der Waals surface area contributed by atoms with Crippen LogP contribution >= 0.6 is 0 Å². The van der Waals surface area contributed by atoms with Crippen LogP contribution < -0.4 is 20.4 Å². The van der Waals surface area contributed by atoms with Crippen molar-refractivity contribution in [3.8, 4) is 11.3 Å². The third-order valence-corrected chi connectivity index (χ3v) is 9.84. The maximum Gasteiger partial charge on any atom is 0.249 e. The van der Waals surface area contributed by atoms with Crippen molar-refractivity contribution in [1.82, 2.24) is 29.8 Å². The van der Waals surface area contributed by atoms with E-state index in [2.05, 4.69) is 37.7 Å². The summed E-state index contributed by atoms with van der Waals surface area (Å²) in [6.07, 6.45) is 6.01. The van der Waals surface area contributed by atoms with Crippen LogP contribution in [0.4, 0.5) is 26.1 Å². The molecule has 2 atom stereocenters. The fourth-order valence-electron chi connectivity index (χ4n) is 7.27. The average molecular weight is 678 g/mol. The summed E-state index contributed by atoms with van der Waals surface area (Å²) in [6, 6.07) is 18.9. The Labute approximate surface area is 287 Å². The minimum Gasteiger partial charge on any atom is -0.374 e. The summed E-state index contributed by atoms with van der Waals surface area (Å²) in [6.45, 7) is 4.83. The molecule has 11 nitrogen and oxygen atoms in total. The Kier molecular flexibility index (Phi) is 8.57. The molecule has 3 aliphatic rings. The Hall–Kier alpha value is -5.43. The van der Waals surface area contributed by atoms with E-state index < -0.39 is 17.7 Å². The lowest BCUT2D eigenvalue weighted by Gasteiger charge is -2.35. The molecule has 3 aliphatic heterocycles. The van der Waals surface area contributed by atoms with E-state index in [-0.39, 0.29) is 17.9 Å². The molecular weight excluding hydrogens is 640 g/mol. The molecule has 2 aromatic carbocycles. The van der Waals surface area contributed by atoms with Crippen molar-refractivity contribution < 1.29 is 18.4 Å². The molecule has 3 saturated heterocycles. The van der Waals surface area contributed by atoms with E-state index in [4.69, 9.17) is 9.97 Å². The highest BCUT2D eigenvalue weighted by Crippen LogP contribution is 2.37. The molecule has 2 N–H and O–H groups in total. The Bertz CT molecular complexity index is 2060. The number of amides is 2. The molecule has 1 unspecified atom stereocenters. The van der Waals surface area contributed by atoms with Gasteiger partial charge in [-0.25, -0.2) is 23.3 Å². The predicted molar refractivity (Wildman–Crippen MR) is 186 cm³/mol. The zero-order chi connectivity index (χ0) is 34.2. The smallest absolute Gasteiger partial charge is 0.249 e. The summed E-state index contributed by atoms with van der Waals surface area (Å²) in [5, 5.41) is 10.2. The lowest BCUT2D eigenvalue weighted by Crippen LogP contribution is -2.47. The molecule has 0 radical (unpaired) electrons. The van der Waals surface area contributed by atoms with Crippen LogP contribution in [0, 0.1) is 11.6 Å². The molecule has 3 aromatic heterocycles. The van der Waals surface area contributed by atoms with Crippen molar-refractivity contribution >= 4 is 34.8 Å². The van der Waals surface area contributed by atoms with E-state index in [1.807, 2.05) is 47.5 Å². The van der Waals surface area contributed by atoms with Crippen molar-refractivity contribution in [3.05, 3.63) is 102 Å². The quantitative estimate of drug-likeness (QED) is 0.221. The largest absolute Gasteiger partial charge is 0.374 e. The van der Waals surface area contributed by atoms with Gasteiger partial charge in [0, 0.05) is 63.1 Å². The van der Waals surface area contributed by atoms with E-state index in [0.29, 0.717) is 42.8 Å². The number of nitrogens with one attached hydrogen (secondary N) is 2. The van der Waals surface area contributed by atoms with E-state index in [1.165, 1.54) is 12.1 Å². The first-order valence-electron chi connectivity index (χ1n) is 17.1. The second-order valence-corrected chi connectivity index (χ2v) is 13.1. The topological polar surface area (TPSA) is 111 Å². The number of piperazine rings is 1. The number of pyridine rings is 1. The summed E-state index contributed by atoms with van der Waals surface area (Å²) in [5.41, 5.74) is 4.58. The molecule has 256 valence electrons. The van der Waals surface area contributed by atoms with E-state index in [0.717, 1.165) is 73.5 Å². The van der Waals surface area contributed by atoms with Gasteiger partial charge in [-0.15, -0.1) is 0 Å². The Morgan fingerprint density at radius 2 is 1.74 bits per heavy atom. The van der Waals surface area contributed by atoms with Gasteiger partial charge in [0.25, 0.3) is 0 Å². The molecule has 50 heavy (non-hydrogen) atoms. The van der Waals surface area contributed by atoms with Crippen LogP contribution in [-0.4, -0.2) is 75.1 Å². The van der Waals surface area contributed by atoms with Crippen LogP contribution in [0.15, 0.2) is 79.1 Å². The fourth-order valence-corrected chi connectivity index (χ4v) is 7.27. The van der Waals surface area contributed by atoms with Gasteiger partial charge >= 0.3 is 0 Å². The van der Waals surface area contributed by atoms with Crippen molar-refractivity contribution in [2.45, 2.75) is 44.3 Å². The van der Waals surface area contributed by atoms with E-state index in [1.54, 1.807) is 10.7 Å². The molecule has 0 bridgehead atoms. The van der Waals surface area contributed by atoms with Gasteiger partial charge < -0.3 is 15.1 Å². The first-order valence-corrected chi connectivity index (χ1v) is 17.1. The average Bonchev–Trinajstić information content (AvgIpc) is 3.79. The maximum atomic E-state index is 14.8. The SMILES string of the molecule is O=C1CCC(Nc2cccc(CN3CCN(c4cccc(-c5cnn6ccc(N7CCC[C@@H]7c7cc(F)ccc7F)nc56)n4)CC3)c2)C(=O)N1. The van der Waals surface area contributed by atoms with Gasteiger partial charge in [-0.05, 0) is 73.4 Å². The molecule has 6 heterocycles. The number of carbonyl (C=O) groups is 2. The van der Waals surface area contributed by atoms with Gasteiger partial charge in [0.1, 0.15) is 29.3 Å². The van der Waals surface area contributed by atoms with Gasteiger partial charge in [0.2, 0.25) is 11.8 Å². The number of aromatic nitrogens is 4. The second kappa shape index (κ2) is 13.5. The van der Waals surface area contributed by atoms with Gasteiger partial charge in [-0.3, -0.25) is 19.8 Å². The maximum absolute atomic E-state index is 14.8. The number of hydrogen-bond acceptors (Lipinski definition) is 9. The molecule has 3 fully saturated rings. The van der Waals surface area contributed by atoms with Crippen molar-refractivity contribution in [1.29, 1.82) is 0 Å². The molecule has 2 amide bonds. The summed E-state index contributed by atoms with van der Waals surface area (Å²) in [4.78, 5) is 40.4. The number of halogens is 2. The van der Waals surface area contributed by atoms with Crippen molar-refractivity contribution in [3.63, 3.8) is 0 Å². The molecule has 0 aliphatic carbocycles.